The Bertz CT molecular complexity index is 385. The summed E-state index contributed by atoms with van der Waals surface area (Å²) in [5.41, 5.74) is 2.94. The van der Waals surface area contributed by atoms with E-state index in [9.17, 15) is 0 Å². The molecule has 0 amide bonds. The maximum Gasteiger partial charge on any atom is 0.0234 e. The molecule has 2 rings (SSSR count). The van der Waals surface area contributed by atoms with Crippen LogP contribution in [-0.2, 0) is 13.1 Å². The van der Waals surface area contributed by atoms with Crippen molar-refractivity contribution in [2.45, 2.75) is 52.2 Å². The lowest BCUT2D eigenvalue weighted by atomic mass is 10.1. The first kappa shape index (κ1) is 14.5. The molecular formula is C17H28N2. The molecule has 1 N–H and O–H groups in total. The number of benzene rings is 1. The van der Waals surface area contributed by atoms with Crippen molar-refractivity contribution >= 4 is 0 Å². The molecule has 1 unspecified atom stereocenters. The lowest BCUT2D eigenvalue weighted by molar-refractivity contribution is 0.274. The van der Waals surface area contributed by atoms with Gasteiger partial charge in [-0.25, -0.2) is 0 Å². The standard InChI is InChI=1S/C17H28N2/c1-4-14(2)12-19(3)13-16-8-6-5-7-15(16)11-18-17-9-10-17/h5-8,14,17-18H,4,9-13H2,1-3H3. The quantitative estimate of drug-likeness (QED) is 0.770. The molecule has 1 aromatic carbocycles. The highest BCUT2D eigenvalue weighted by molar-refractivity contribution is 5.27. The molecule has 0 bridgehead atoms. The number of hydrogen-bond acceptors (Lipinski definition) is 2. The molecule has 106 valence electrons. The highest BCUT2D eigenvalue weighted by Gasteiger charge is 2.20. The molecule has 1 aromatic rings. The maximum absolute atomic E-state index is 3.62. The molecule has 0 spiro atoms. The first-order valence-electron chi connectivity index (χ1n) is 7.67. The molecule has 1 atom stereocenters. The largest absolute Gasteiger partial charge is 0.310 e. The number of rotatable bonds is 8. The van der Waals surface area contributed by atoms with E-state index in [1.54, 1.807) is 0 Å². The number of nitrogens with one attached hydrogen (secondary N) is 1. The Morgan fingerprint density at radius 1 is 1.26 bits per heavy atom. The Labute approximate surface area is 118 Å². The molecule has 0 aliphatic heterocycles. The van der Waals surface area contributed by atoms with E-state index in [-0.39, 0.29) is 0 Å². The van der Waals surface area contributed by atoms with Crippen molar-refractivity contribution in [1.82, 2.24) is 10.2 Å². The third-order valence-corrected chi connectivity index (χ3v) is 4.04. The molecule has 1 aliphatic carbocycles. The molecule has 19 heavy (non-hydrogen) atoms. The highest BCUT2D eigenvalue weighted by Crippen LogP contribution is 2.20. The van der Waals surface area contributed by atoms with Crippen LogP contribution in [0.4, 0.5) is 0 Å². The topological polar surface area (TPSA) is 15.3 Å². The molecule has 2 nitrogen and oxygen atoms in total. The minimum atomic E-state index is 0.779. The summed E-state index contributed by atoms with van der Waals surface area (Å²) in [6.45, 7) is 7.87. The van der Waals surface area contributed by atoms with Gasteiger partial charge in [0.25, 0.3) is 0 Å². The van der Waals surface area contributed by atoms with E-state index in [0.717, 1.165) is 25.0 Å². The van der Waals surface area contributed by atoms with Crippen LogP contribution in [0.5, 0.6) is 0 Å². The van der Waals surface area contributed by atoms with Gasteiger partial charge in [0.2, 0.25) is 0 Å². The van der Waals surface area contributed by atoms with E-state index in [0.29, 0.717) is 0 Å². The first-order valence-corrected chi connectivity index (χ1v) is 7.67. The summed E-state index contributed by atoms with van der Waals surface area (Å²) < 4.78 is 0. The van der Waals surface area contributed by atoms with Crippen LogP contribution in [0.15, 0.2) is 24.3 Å². The van der Waals surface area contributed by atoms with Crippen LogP contribution in [0, 0.1) is 5.92 Å². The average molecular weight is 260 g/mol. The van der Waals surface area contributed by atoms with Crippen molar-refractivity contribution in [3.8, 4) is 0 Å². The van der Waals surface area contributed by atoms with E-state index in [1.807, 2.05) is 0 Å². The van der Waals surface area contributed by atoms with Gasteiger partial charge in [0, 0.05) is 25.7 Å². The summed E-state index contributed by atoms with van der Waals surface area (Å²) in [5, 5.41) is 3.62. The zero-order valence-electron chi connectivity index (χ0n) is 12.7. The summed E-state index contributed by atoms with van der Waals surface area (Å²) in [4.78, 5) is 2.45. The van der Waals surface area contributed by atoms with Crippen LogP contribution in [-0.4, -0.2) is 24.5 Å². The summed E-state index contributed by atoms with van der Waals surface area (Å²) in [5.74, 6) is 0.779. The van der Waals surface area contributed by atoms with Crippen molar-refractivity contribution in [1.29, 1.82) is 0 Å². The molecule has 0 heterocycles. The van der Waals surface area contributed by atoms with Gasteiger partial charge in [0.1, 0.15) is 0 Å². The van der Waals surface area contributed by atoms with Crippen LogP contribution in [0.1, 0.15) is 44.2 Å². The fraction of sp³-hybridized carbons (Fsp3) is 0.647. The second-order valence-corrected chi connectivity index (χ2v) is 6.13. The van der Waals surface area contributed by atoms with Crippen molar-refractivity contribution in [2.24, 2.45) is 5.92 Å². The second kappa shape index (κ2) is 7.06. The fourth-order valence-electron chi connectivity index (χ4n) is 2.44. The van der Waals surface area contributed by atoms with Crippen LogP contribution in [0.25, 0.3) is 0 Å². The van der Waals surface area contributed by atoms with Gasteiger partial charge < -0.3 is 10.2 Å². The molecule has 0 saturated heterocycles. The molecule has 1 saturated carbocycles. The third-order valence-electron chi connectivity index (χ3n) is 4.04. The van der Waals surface area contributed by atoms with Gasteiger partial charge in [-0.05, 0) is 36.9 Å². The SMILES string of the molecule is CCC(C)CN(C)Cc1ccccc1CNC1CC1. The fourth-order valence-corrected chi connectivity index (χ4v) is 2.44. The van der Waals surface area contributed by atoms with Gasteiger partial charge in [-0.15, -0.1) is 0 Å². The average Bonchev–Trinajstić information content (AvgIpc) is 3.21. The van der Waals surface area contributed by atoms with Crippen molar-refractivity contribution < 1.29 is 0 Å². The van der Waals surface area contributed by atoms with Crippen LogP contribution >= 0.6 is 0 Å². The minimum Gasteiger partial charge on any atom is -0.310 e. The molecule has 0 radical (unpaired) electrons. The summed E-state index contributed by atoms with van der Waals surface area (Å²) in [6.07, 6.45) is 3.97. The highest BCUT2D eigenvalue weighted by atomic mass is 15.1. The minimum absolute atomic E-state index is 0.779. The van der Waals surface area contributed by atoms with E-state index in [2.05, 4.69) is 55.4 Å². The van der Waals surface area contributed by atoms with Crippen molar-refractivity contribution in [3.05, 3.63) is 35.4 Å². The van der Waals surface area contributed by atoms with Crippen molar-refractivity contribution in [2.75, 3.05) is 13.6 Å². The predicted octanol–water partition coefficient (Wildman–Crippen LogP) is 3.42. The lowest BCUT2D eigenvalue weighted by Crippen LogP contribution is -2.25. The smallest absolute Gasteiger partial charge is 0.0234 e. The Hall–Kier alpha value is -0.860. The molecule has 1 aliphatic rings. The lowest BCUT2D eigenvalue weighted by Gasteiger charge is -2.22. The summed E-state index contributed by atoms with van der Waals surface area (Å²) in [6, 6.07) is 9.64. The van der Waals surface area contributed by atoms with E-state index < -0.39 is 0 Å². The second-order valence-electron chi connectivity index (χ2n) is 6.13. The summed E-state index contributed by atoms with van der Waals surface area (Å²) >= 11 is 0. The number of hydrogen-bond donors (Lipinski definition) is 1. The van der Waals surface area contributed by atoms with Gasteiger partial charge in [0.15, 0.2) is 0 Å². The number of nitrogens with zero attached hydrogens (tertiary/aromatic N) is 1. The van der Waals surface area contributed by atoms with Gasteiger partial charge in [-0.1, -0.05) is 44.5 Å². The summed E-state index contributed by atoms with van der Waals surface area (Å²) in [7, 11) is 2.23. The predicted molar refractivity (Wildman–Crippen MR) is 82.1 cm³/mol. The normalized spacial score (nSPS) is 16.8. The Morgan fingerprint density at radius 2 is 1.95 bits per heavy atom. The first-order chi connectivity index (χ1) is 9.19. The zero-order chi connectivity index (χ0) is 13.7. The van der Waals surface area contributed by atoms with E-state index in [1.165, 1.54) is 36.9 Å². The molecule has 0 aromatic heterocycles. The molecule has 1 fully saturated rings. The molecule has 2 heteroatoms. The zero-order valence-corrected chi connectivity index (χ0v) is 12.7. The van der Waals surface area contributed by atoms with Gasteiger partial charge in [-0.3, -0.25) is 0 Å². The van der Waals surface area contributed by atoms with Gasteiger partial charge in [0.05, 0.1) is 0 Å². The van der Waals surface area contributed by atoms with Crippen LogP contribution < -0.4 is 5.32 Å². The van der Waals surface area contributed by atoms with Gasteiger partial charge in [-0.2, -0.15) is 0 Å². The van der Waals surface area contributed by atoms with Crippen molar-refractivity contribution in [3.63, 3.8) is 0 Å². The van der Waals surface area contributed by atoms with Gasteiger partial charge >= 0.3 is 0 Å². The Morgan fingerprint density at radius 3 is 2.58 bits per heavy atom. The van der Waals surface area contributed by atoms with E-state index >= 15 is 0 Å². The Balaban J connectivity index is 1.90. The van der Waals surface area contributed by atoms with E-state index in [4.69, 9.17) is 0 Å². The Kier molecular flexibility index (Phi) is 5.41. The third kappa shape index (κ3) is 4.96. The van der Waals surface area contributed by atoms with Crippen LogP contribution in [0.3, 0.4) is 0 Å². The maximum atomic E-state index is 3.62. The molecular weight excluding hydrogens is 232 g/mol. The monoisotopic (exact) mass is 260 g/mol. The van der Waals surface area contributed by atoms with Crippen LogP contribution in [0.2, 0.25) is 0 Å².